The van der Waals surface area contributed by atoms with Gasteiger partial charge >= 0.3 is 6.09 Å². The molecule has 22 heavy (non-hydrogen) atoms. The molecule has 3 rings (SSSR count). The number of carbonyl (C=O) groups is 1. The lowest BCUT2D eigenvalue weighted by atomic mass is 9.95. The number of piperidine rings is 1. The zero-order valence-corrected chi connectivity index (χ0v) is 13.9. The number of pyridine rings is 1. The quantitative estimate of drug-likeness (QED) is 0.849. The summed E-state index contributed by atoms with van der Waals surface area (Å²) >= 11 is 6.01. The van der Waals surface area contributed by atoms with Gasteiger partial charge in [0.25, 0.3) is 0 Å². The second-order valence-electron chi connectivity index (χ2n) is 7.19. The highest BCUT2D eigenvalue weighted by Crippen LogP contribution is 2.62. The number of likely N-dealkylation sites (tertiary alicyclic amines) is 1. The number of halogens is 1. The number of nitrogens with two attached hydrogens (primary N) is 1. The monoisotopic (exact) mass is 323 g/mol. The largest absolute Gasteiger partial charge is 0.444 e. The topological polar surface area (TPSA) is 68.5 Å². The molecule has 6 heteroatoms. The van der Waals surface area contributed by atoms with E-state index in [-0.39, 0.29) is 11.5 Å². The highest BCUT2D eigenvalue weighted by Gasteiger charge is 2.69. The summed E-state index contributed by atoms with van der Waals surface area (Å²) in [7, 11) is 0. The lowest BCUT2D eigenvalue weighted by molar-refractivity contribution is 0.0261. The van der Waals surface area contributed by atoms with Gasteiger partial charge in [-0.3, -0.25) is 0 Å². The lowest BCUT2D eigenvalue weighted by Crippen LogP contribution is -2.41. The van der Waals surface area contributed by atoms with E-state index in [4.69, 9.17) is 22.1 Å². The number of amides is 1. The van der Waals surface area contributed by atoms with Crippen LogP contribution >= 0.6 is 11.6 Å². The van der Waals surface area contributed by atoms with Crippen LogP contribution in [0.3, 0.4) is 0 Å². The van der Waals surface area contributed by atoms with E-state index < -0.39 is 5.60 Å². The maximum atomic E-state index is 12.2. The van der Waals surface area contributed by atoms with Crippen LogP contribution in [0.15, 0.2) is 18.2 Å². The molecule has 120 valence electrons. The summed E-state index contributed by atoms with van der Waals surface area (Å²) in [5.41, 5.74) is 6.39. The van der Waals surface area contributed by atoms with Crippen LogP contribution in [0.4, 0.5) is 4.79 Å². The van der Waals surface area contributed by atoms with Crippen LogP contribution in [-0.4, -0.2) is 41.2 Å². The van der Waals surface area contributed by atoms with Gasteiger partial charge in [-0.1, -0.05) is 17.7 Å². The minimum atomic E-state index is -0.469. The van der Waals surface area contributed by atoms with Crippen LogP contribution in [0, 0.1) is 11.8 Å². The van der Waals surface area contributed by atoms with Crippen molar-refractivity contribution in [2.24, 2.45) is 17.6 Å². The van der Waals surface area contributed by atoms with Crippen molar-refractivity contribution in [2.75, 3.05) is 19.6 Å². The number of hydrogen-bond donors (Lipinski definition) is 1. The maximum Gasteiger partial charge on any atom is 0.410 e. The van der Waals surface area contributed by atoms with Crippen LogP contribution in [0.25, 0.3) is 0 Å². The molecule has 3 atom stereocenters. The second-order valence-corrected chi connectivity index (χ2v) is 7.58. The second kappa shape index (κ2) is 5.10. The molecule has 0 aromatic carbocycles. The van der Waals surface area contributed by atoms with Crippen LogP contribution in [0.1, 0.15) is 26.5 Å². The number of hydrogen-bond acceptors (Lipinski definition) is 4. The summed E-state index contributed by atoms with van der Waals surface area (Å²) in [5, 5.41) is 0.485. The Hall–Kier alpha value is -1.33. The van der Waals surface area contributed by atoms with Gasteiger partial charge < -0.3 is 15.4 Å². The summed E-state index contributed by atoms with van der Waals surface area (Å²) < 4.78 is 5.44. The third-order valence-corrected chi connectivity index (χ3v) is 4.93. The highest BCUT2D eigenvalue weighted by atomic mass is 35.5. The van der Waals surface area contributed by atoms with Gasteiger partial charge in [0.15, 0.2) is 0 Å². The van der Waals surface area contributed by atoms with E-state index in [1.807, 2.05) is 32.9 Å². The minimum absolute atomic E-state index is 0.136. The Kier molecular flexibility index (Phi) is 3.61. The normalized spacial score (nSPS) is 30.1. The number of ether oxygens (including phenoxy) is 1. The zero-order chi connectivity index (χ0) is 16.1. The molecule has 2 heterocycles. The van der Waals surface area contributed by atoms with Crippen molar-refractivity contribution in [2.45, 2.75) is 31.8 Å². The standard InChI is InChI=1S/C16H22ClN3O2/c1-15(2,3)22-14(21)20-7-10-11(8-20)16(10,9-18)12-5-4-6-13(17)19-12/h4-6,10-11H,7-9,18H2,1-3H3/t10-,11+,16?. The van der Waals surface area contributed by atoms with E-state index in [2.05, 4.69) is 4.98 Å². The molecule has 0 spiro atoms. The Balaban J connectivity index is 1.72. The summed E-state index contributed by atoms with van der Waals surface area (Å²) in [6.07, 6.45) is -0.246. The smallest absolute Gasteiger partial charge is 0.410 e. The van der Waals surface area contributed by atoms with Crippen molar-refractivity contribution in [3.05, 3.63) is 29.0 Å². The lowest BCUT2D eigenvalue weighted by Gasteiger charge is -2.28. The molecule has 1 saturated carbocycles. The maximum absolute atomic E-state index is 12.2. The van der Waals surface area contributed by atoms with E-state index in [0.717, 1.165) is 5.69 Å². The Morgan fingerprint density at radius 3 is 2.59 bits per heavy atom. The Morgan fingerprint density at radius 2 is 2.09 bits per heavy atom. The summed E-state index contributed by atoms with van der Waals surface area (Å²) in [6, 6.07) is 5.65. The average Bonchev–Trinajstić information content (AvgIpc) is 2.80. The van der Waals surface area contributed by atoms with Gasteiger partial charge in [0.1, 0.15) is 10.8 Å². The van der Waals surface area contributed by atoms with Crippen LogP contribution in [0.2, 0.25) is 5.15 Å². The molecule has 1 unspecified atom stereocenters. The first-order valence-corrected chi connectivity index (χ1v) is 7.97. The first-order valence-electron chi connectivity index (χ1n) is 7.59. The third kappa shape index (κ3) is 2.46. The van der Waals surface area contributed by atoms with Crippen molar-refractivity contribution in [3.8, 4) is 0 Å². The van der Waals surface area contributed by atoms with Crippen LogP contribution < -0.4 is 5.73 Å². The van der Waals surface area contributed by atoms with Gasteiger partial charge in [0.05, 0.1) is 5.69 Å². The number of carbonyl (C=O) groups excluding carboxylic acids is 1. The van der Waals surface area contributed by atoms with Gasteiger partial charge in [0, 0.05) is 25.0 Å². The molecule has 1 aliphatic carbocycles. The van der Waals surface area contributed by atoms with Gasteiger partial charge in [-0.15, -0.1) is 0 Å². The molecule has 1 aromatic heterocycles. The highest BCUT2D eigenvalue weighted by molar-refractivity contribution is 6.29. The first-order chi connectivity index (χ1) is 10.3. The molecule has 1 aliphatic heterocycles. The molecule has 1 saturated heterocycles. The SMILES string of the molecule is CC(C)(C)OC(=O)N1C[C@@H]2[C@H](C1)C2(CN)c1cccc(Cl)n1. The third-order valence-electron chi connectivity index (χ3n) is 4.72. The zero-order valence-electron chi connectivity index (χ0n) is 13.2. The van der Waals surface area contributed by atoms with Crippen molar-refractivity contribution >= 4 is 17.7 Å². The molecular formula is C16H22ClN3O2. The Labute approximate surface area is 135 Å². The Bertz CT molecular complexity index is 587. The fourth-order valence-corrected chi connectivity index (χ4v) is 3.83. The van der Waals surface area contributed by atoms with Gasteiger partial charge in [-0.25, -0.2) is 9.78 Å². The predicted octanol–water partition coefficient (Wildman–Crippen LogP) is 2.43. The number of fused-ring (bicyclic) bond motifs is 1. The Morgan fingerprint density at radius 1 is 1.45 bits per heavy atom. The van der Waals surface area contributed by atoms with Crippen molar-refractivity contribution < 1.29 is 9.53 Å². The van der Waals surface area contributed by atoms with Crippen molar-refractivity contribution in [3.63, 3.8) is 0 Å². The molecule has 1 amide bonds. The molecule has 2 aliphatic rings. The molecule has 2 N–H and O–H groups in total. The summed E-state index contributed by atoms with van der Waals surface area (Å²) in [6.45, 7) is 7.50. The van der Waals surface area contributed by atoms with Crippen LogP contribution in [0.5, 0.6) is 0 Å². The van der Waals surface area contributed by atoms with E-state index in [1.165, 1.54) is 0 Å². The fourth-order valence-electron chi connectivity index (χ4n) is 3.66. The summed E-state index contributed by atoms with van der Waals surface area (Å²) in [4.78, 5) is 18.4. The van der Waals surface area contributed by atoms with E-state index in [9.17, 15) is 4.79 Å². The number of nitrogens with zero attached hydrogens (tertiary/aromatic N) is 2. The minimum Gasteiger partial charge on any atom is -0.444 e. The summed E-state index contributed by atoms with van der Waals surface area (Å²) in [5.74, 6) is 0.687. The number of aromatic nitrogens is 1. The molecule has 0 bridgehead atoms. The molecule has 2 fully saturated rings. The number of rotatable bonds is 2. The van der Waals surface area contributed by atoms with E-state index >= 15 is 0 Å². The first kappa shape index (κ1) is 15.6. The molecule has 1 aromatic rings. The van der Waals surface area contributed by atoms with Gasteiger partial charge in [0.2, 0.25) is 0 Å². The van der Waals surface area contributed by atoms with Crippen LogP contribution in [-0.2, 0) is 10.2 Å². The average molecular weight is 324 g/mol. The molecular weight excluding hydrogens is 302 g/mol. The molecule has 5 nitrogen and oxygen atoms in total. The van der Waals surface area contributed by atoms with Gasteiger partial charge in [-0.05, 0) is 44.7 Å². The predicted molar refractivity (Wildman–Crippen MR) is 84.8 cm³/mol. The van der Waals surface area contributed by atoms with Crippen molar-refractivity contribution in [1.82, 2.24) is 9.88 Å². The van der Waals surface area contributed by atoms with E-state index in [0.29, 0.717) is 36.6 Å². The molecule has 0 radical (unpaired) electrons. The fraction of sp³-hybridized carbons (Fsp3) is 0.625. The van der Waals surface area contributed by atoms with Gasteiger partial charge in [-0.2, -0.15) is 0 Å². The van der Waals surface area contributed by atoms with E-state index in [1.54, 1.807) is 11.0 Å². The van der Waals surface area contributed by atoms with Crippen molar-refractivity contribution in [1.29, 1.82) is 0 Å².